The number of benzene rings is 15. The maximum atomic E-state index is 2.27. The summed E-state index contributed by atoms with van der Waals surface area (Å²) in [5.74, 6) is 0. The first-order valence-corrected chi connectivity index (χ1v) is 49.8. The van der Waals surface area contributed by atoms with Crippen molar-refractivity contribution < 1.29 is 0 Å². The van der Waals surface area contributed by atoms with Gasteiger partial charge in [-0.1, -0.05) is 610 Å². The summed E-state index contributed by atoms with van der Waals surface area (Å²) >= 11 is 0. The second kappa shape index (κ2) is 82.9. The van der Waals surface area contributed by atoms with Gasteiger partial charge in [-0.05, 0) is 198 Å². The maximum absolute atomic E-state index is 2.27. The Morgan fingerprint density at radius 2 is 0.223 bits per heavy atom. The van der Waals surface area contributed by atoms with Gasteiger partial charge in [-0.3, -0.25) is 0 Å². The highest BCUT2D eigenvalue weighted by Crippen LogP contribution is 2.33. The van der Waals surface area contributed by atoms with Crippen LogP contribution in [0.2, 0.25) is 0 Å². The molecule has 15 rings (SSSR count). The summed E-state index contributed by atoms with van der Waals surface area (Å²) < 4.78 is 0. The normalized spacial score (nSPS) is 8.77. The van der Waals surface area contributed by atoms with Crippen LogP contribution in [0.3, 0.4) is 0 Å². The summed E-state index contributed by atoms with van der Waals surface area (Å²) in [6.07, 6.45) is 0. The Kier molecular flexibility index (Phi) is 80.9. The smallest absolute Gasteiger partial charge is 0.0155 e. The molecular formula is C130H180. The summed E-state index contributed by atoms with van der Waals surface area (Å²) in [4.78, 5) is 0. The van der Waals surface area contributed by atoms with Crippen LogP contribution >= 0.6 is 0 Å². The van der Waals surface area contributed by atoms with Crippen LogP contribution in [0.15, 0.2) is 364 Å². The van der Waals surface area contributed by atoms with Crippen LogP contribution in [0.25, 0.3) is 111 Å². The van der Waals surface area contributed by atoms with Crippen molar-refractivity contribution in [1.29, 1.82) is 0 Å². The van der Waals surface area contributed by atoms with Gasteiger partial charge in [-0.2, -0.15) is 0 Å². The largest absolute Gasteiger partial charge is 0.0683 e. The monoisotopic (exact) mass is 1740 g/mol. The molecule has 0 aliphatic carbocycles. The molecule has 15 aromatic rings. The Morgan fingerprint density at radius 1 is 0.0923 bits per heavy atom. The predicted octanol–water partition coefficient (Wildman–Crippen LogP) is 43.6. The van der Waals surface area contributed by atoms with E-state index in [1.807, 2.05) is 208 Å². The van der Waals surface area contributed by atoms with Crippen molar-refractivity contribution >= 4 is 0 Å². The molecule has 0 nitrogen and oxygen atoms in total. The van der Waals surface area contributed by atoms with E-state index in [0.29, 0.717) is 0 Å². The fourth-order valence-corrected chi connectivity index (χ4v) is 12.5. The van der Waals surface area contributed by atoms with Crippen molar-refractivity contribution in [3.63, 3.8) is 0 Å². The lowest BCUT2D eigenvalue weighted by molar-refractivity contribution is 1.45. The van der Waals surface area contributed by atoms with Gasteiger partial charge in [0.05, 0.1) is 0 Å². The molecule has 0 heteroatoms. The molecule has 0 fully saturated rings. The van der Waals surface area contributed by atoms with Crippen molar-refractivity contribution in [2.24, 2.45) is 0 Å². The lowest BCUT2D eigenvalue weighted by atomic mass is 9.97. The van der Waals surface area contributed by atoms with Gasteiger partial charge >= 0.3 is 0 Å². The van der Waals surface area contributed by atoms with Gasteiger partial charge < -0.3 is 0 Å². The highest BCUT2D eigenvalue weighted by atomic mass is 14.1. The van der Waals surface area contributed by atoms with Crippen LogP contribution in [-0.2, 0) is 0 Å². The number of rotatable bonds is 10. The number of hydrogen-bond donors (Lipinski definition) is 0. The standard InChI is InChI=1S/5C20H18.15C2H6/c1-15-6-3-8-17(12-15)19-10-5-11-20(14-19)18-9-4-7-16(2)13-18;1-15-5-3-7-19(13-15)17-9-11-18(12-10-17)20-8-4-6-16(2)14-20;1-15-9-11-17(12-10-15)19-7-4-8-20(14-19)18-6-3-5-16(2)13-18;1-15-6-5-8-19(14-15)17-10-12-18(13-11-17)20-9-4-3-7-16(20)2;1-15-6-8-17(9-7-15)18-10-12-19(13-11-18)20-5-3-4-16(2)14-20;15*1-2/h5*3-14H,1-2H3;15*1-2H3. The molecule has 15 aromatic carbocycles. The van der Waals surface area contributed by atoms with Gasteiger partial charge in [0.25, 0.3) is 0 Å². The quantitative estimate of drug-likeness (QED) is 0.128. The molecule has 0 aliphatic rings. The van der Waals surface area contributed by atoms with Gasteiger partial charge in [0.1, 0.15) is 0 Å². The zero-order valence-electron chi connectivity index (χ0n) is 89.6. The van der Waals surface area contributed by atoms with Crippen LogP contribution in [0, 0.1) is 69.2 Å². The maximum Gasteiger partial charge on any atom is -0.0155 e. The van der Waals surface area contributed by atoms with Crippen molar-refractivity contribution in [2.45, 2.75) is 277 Å². The first kappa shape index (κ1) is 127. The van der Waals surface area contributed by atoms with E-state index in [0.717, 1.165) is 0 Å². The first-order valence-electron chi connectivity index (χ1n) is 49.8. The Morgan fingerprint density at radius 3 is 0.400 bits per heavy atom. The average Bonchev–Trinajstić information content (AvgIpc) is 0.855. The van der Waals surface area contributed by atoms with Crippen molar-refractivity contribution in [3.05, 3.63) is 420 Å². The molecule has 0 aromatic heterocycles. The fraction of sp³-hybridized carbons (Fsp3) is 0.308. The Bertz CT molecular complexity index is 4990. The highest BCUT2D eigenvalue weighted by Gasteiger charge is 2.08. The minimum atomic E-state index is 1.27. The summed E-state index contributed by atoms with van der Waals surface area (Å²) in [5.41, 5.74) is 38.5. The SMILES string of the molecule is CC.CC.CC.CC.CC.CC.CC.CC.CC.CC.CC.CC.CC.CC.CC.Cc1ccc(-c2ccc(-c3cccc(C)c3)cc2)cc1.Cc1ccc(-c2cccc(-c3cccc(C)c3)c2)cc1.Cc1cccc(-c2ccc(-c3cccc(C)c3)cc2)c1.Cc1cccc(-c2ccc(-c3ccccc3C)cc2)c1.Cc1cccc(-c2cccc(-c3cccc(C)c3)c2)c1. The average molecular weight is 1740 g/mol. The summed E-state index contributed by atoms with van der Waals surface area (Å²) in [5, 5.41) is 0. The van der Waals surface area contributed by atoms with E-state index in [-0.39, 0.29) is 0 Å². The van der Waals surface area contributed by atoms with Gasteiger partial charge in [-0.25, -0.2) is 0 Å². The molecule has 0 amide bonds. The van der Waals surface area contributed by atoms with E-state index < -0.39 is 0 Å². The molecular weight excluding hydrogens is 1560 g/mol. The van der Waals surface area contributed by atoms with E-state index >= 15 is 0 Å². The lowest BCUT2D eigenvalue weighted by Gasteiger charge is -2.08. The molecule has 0 saturated carbocycles. The zero-order valence-corrected chi connectivity index (χ0v) is 89.6. The molecule has 0 heterocycles. The van der Waals surface area contributed by atoms with Gasteiger partial charge in [0, 0.05) is 0 Å². The first-order chi connectivity index (χ1) is 63.6. The van der Waals surface area contributed by atoms with Crippen molar-refractivity contribution in [1.82, 2.24) is 0 Å². The topological polar surface area (TPSA) is 0 Å². The molecule has 0 spiro atoms. The summed E-state index contributed by atoms with van der Waals surface area (Å²) in [7, 11) is 0. The minimum Gasteiger partial charge on any atom is -0.0683 e. The Hall–Kier alpha value is -11.7. The van der Waals surface area contributed by atoms with Gasteiger partial charge in [0.2, 0.25) is 0 Å². The van der Waals surface area contributed by atoms with E-state index in [9.17, 15) is 0 Å². The third-order valence-electron chi connectivity index (χ3n) is 18.1. The van der Waals surface area contributed by atoms with Crippen LogP contribution in [0.5, 0.6) is 0 Å². The van der Waals surface area contributed by atoms with E-state index in [1.165, 1.54) is 167 Å². The molecule has 130 heavy (non-hydrogen) atoms. The molecule has 0 saturated heterocycles. The van der Waals surface area contributed by atoms with Crippen molar-refractivity contribution in [3.8, 4) is 111 Å². The second-order valence-corrected chi connectivity index (χ2v) is 26.5. The number of hydrogen-bond acceptors (Lipinski definition) is 0. The molecule has 0 unspecified atom stereocenters. The van der Waals surface area contributed by atoms with Crippen LogP contribution in [0.4, 0.5) is 0 Å². The lowest BCUT2D eigenvalue weighted by Crippen LogP contribution is -1.84. The van der Waals surface area contributed by atoms with E-state index in [4.69, 9.17) is 0 Å². The fourth-order valence-electron chi connectivity index (χ4n) is 12.5. The van der Waals surface area contributed by atoms with Gasteiger partial charge in [-0.15, -0.1) is 0 Å². The molecule has 0 radical (unpaired) electrons. The Labute approximate surface area is 802 Å². The minimum absolute atomic E-state index is 1.27. The summed E-state index contributed by atoms with van der Waals surface area (Å²) in [6.45, 7) is 81.3. The van der Waals surface area contributed by atoms with Crippen LogP contribution < -0.4 is 0 Å². The highest BCUT2D eigenvalue weighted by molar-refractivity contribution is 5.78. The second-order valence-electron chi connectivity index (χ2n) is 26.5. The van der Waals surface area contributed by atoms with Crippen molar-refractivity contribution in [2.75, 3.05) is 0 Å². The zero-order chi connectivity index (χ0) is 99.7. The molecule has 0 N–H and O–H groups in total. The van der Waals surface area contributed by atoms with E-state index in [2.05, 4.69) is 433 Å². The van der Waals surface area contributed by atoms with Crippen LogP contribution in [-0.4, -0.2) is 0 Å². The van der Waals surface area contributed by atoms with Gasteiger partial charge in [0.15, 0.2) is 0 Å². The molecule has 0 atom stereocenters. The third kappa shape index (κ3) is 48.1. The van der Waals surface area contributed by atoms with Crippen LogP contribution in [0.1, 0.15) is 263 Å². The third-order valence-corrected chi connectivity index (χ3v) is 18.1. The molecule has 0 aliphatic heterocycles. The number of aryl methyl sites for hydroxylation is 10. The molecule has 700 valence electrons. The summed E-state index contributed by atoms with van der Waals surface area (Å²) in [6, 6.07) is 130. The predicted molar refractivity (Wildman–Crippen MR) is 604 cm³/mol. The Balaban J connectivity index is -0.000000465. The molecule has 0 bridgehead atoms. The van der Waals surface area contributed by atoms with E-state index in [1.54, 1.807) is 0 Å².